The summed E-state index contributed by atoms with van der Waals surface area (Å²) >= 11 is 0. The number of unbranched alkanes of at least 4 members (excludes halogenated alkanes) is 10. The van der Waals surface area contributed by atoms with Crippen LogP contribution in [0, 0.1) is 0 Å². The van der Waals surface area contributed by atoms with Crippen LogP contribution < -0.4 is 10.6 Å². The van der Waals surface area contributed by atoms with E-state index in [1.165, 1.54) is 57.8 Å². The van der Waals surface area contributed by atoms with Crippen LogP contribution in [0.3, 0.4) is 0 Å². The van der Waals surface area contributed by atoms with Gasteiger partial charge in [0.1, 0.15) is 0 Å². The Kier molecular flexibility index (Phi) is 12.3. The molecule has 0 fully saturated rings. The molecule has 0 spiro atoms. The lowest BCUT2D eigenvalue weighted by molar-refractivity contribution is -0.116. The van der Waals surface area contributed by atoms with E-state index in [2.05, 4.69) is 17.6 Å². The minimum atomic E-state index is -0.265. The molecule has 29 heavy (non-hydrogen) atoms. The van der Waals surface area contributed by atoms with Gasteiger partial charge >= 0.3 is 0 Å². The van der Waals surface area contributed by atoms with Crippen LogP contribution in [0.2, 0.25) is 0 Å². The number of anilines is 1. The third kappa shape index (κ3) is 13.1. The van der Waals surface area contributed by atoms with Gasteiger partial charge in [-0.2, -0.15) is 0 Å². The Morgan fingerprint density at radius 2 is 1.24 bits per heavy atom. The molecule has 1 aromatic rings. The number of hydrogen-bond donors (Lipinski definition) is 2. The molecule has 0 aliphatic heterocycles. The summed E-state index contributed by atoms with van der Waals surface area (Å²) in [6.45, 7) is 8.11. The van der Waals surface area contributed by atoms with Gasteiger partial charge in [0.2, 0.25) is 5.91 Å². The van der Waals surface area contributed by atoms with Gasteiger partial charge in [-0.15, -0.1) is 0 Å². The highest BCUT2D eigenvalue weighted by Gasteiger charge is 2.15. The normalized spacial score (nSPS) is 11.3. The SMILES string of the molecule is CCCCCCCCCCCCCC(=O)Nc1ccc(C(=O)NC(C)(C)C)cc1. The maximum absolute atomic E-state index is 12.1. The molecule has 4 heteroatoms. The van der Waals surface area contributed by atoms with Crippen LogP contribution in [0.1, 0.15) is 115 Å². The molecule has 164 valence electrons. The Morgan fingerprint density at radius 1 is 0.759 bits per heavy atom. The Hall–Kier alpha value is -1.84. The molecule has 2 amide bonds. The van der Waals surface area contributed by atoms with E-state index in [9.17, 15) is 9.59 Å². The van der Waals surface area contributed by atoms with Gasteiger partial charge in [0, 0.05) is 23.2 Å². The number of benzene rings is 1. The first-order chi connectivity index (χ1) is 13.8. The second-order valence-corrected chi connectivity index (χ2v) is 9.12. The predicted molar refractivity (Wildman–Crippen MR) is 123 cm³/mol. The molecule has 0 bridgehead atoms. The summed E-state index contributed by atoms with van der Waals surface area (Å²) in [6.07, 6.45) is 14.6. The second kappa shape index (κ2) is 14.2. The zero-order valence-corrected chi connectivity index (χ0v) is 19.1. The Balaban J connectivity index is 2.12. The molecule has 0 heterocycles. The van der Waals surface area contributed by atoms with Gasteiger partial charge in [-0.1, -0.05) is 71.1 Å². The van der Waals surface area contributed by atoms with Crippen molar-refractivity contribution in [3.8, 4) is 0 Å². The van der Waals surface area contributed by atoms with Crippen LogP contribution in [0.25, 0.3) is 0 Å². The molecule has 0 atom stereocenters. The first-order valence-electron chi connectivity index (χ1n) is 11.5. The van der Waals surface area contributed by atoms with E-state index in [-0.39, 0.29) is 17.4 Å². The van der Waals surface area contributed by atoms with E-state index in [0.29, 0.717) is 12.0 Å². The topological polar surface area (TPSA) is 58.2 Å². The molecule has 4 nitrogen and oxygen atoms in total. The highest BCUT2D eigenvalue weighted by molar-refractivity contribution is 5.96. The summed E-state index contributed by atoms with van der Waals surface area (Å²) in [5, 5.41) is 5.85. The van der Waals surface area contributed by atoms with Crippen molar-refractivity contribution in [1.82, 2.24) is 5.32 Å². The highest BCUT2D eigenvalue weighted by atomic mass is 16.2. The van der Waals surface area contributed by atoms with Crippen molar-refractivity contribution in [1.29, 1.82) is 0 Å². The smallest absolute Gasteiger partial charge is 0.251 e. The molecule has 0 radical (unpaired) electrons. The molecular formula is C25H42N2O2. The average Bonchev–Trinajstić information content (AvgIpc) is 2.65. The molecule has 0 saturated heterocycles. The Bertz CT molecular complexity index is 588. The summed E-state index contributed by atoms with van der Waals surface area (Å²) in [4.78, 5) is 24.2. The number of carbonyl (C=O) groups is 2. The number of hydrogen-bond acceptors (Lipinski definition) is 2. The lowest BCUT2D eigenvalue weighted by Crippen LogP contribution is -2.40. The molecular weight excluding hydrogens is 360 g/mol. The third-order valence-corrected chi connectivity index (χ3v) is 4.93. The van der Waals surface area contributed by atoms with Crippen LogP contribution in [-0.2, 0) is 4.79 Å². The third-order valence-electron chi connectivity index (χ3n) is 4.93. The largest absolute Gasteiger partial charge is 0.347 e. The number of rotatable bonds is 14. The fraction of sp³-hybridized carbons (Fsp3) is 0.680. The lowest BCUT2D eigenvalue weighted by atomic mass is 10.1. The summed E-state index contributed by atoms with van der Waals surface area (Å²) in [5.74, 6) is -0.0517. The quantitative estimate of drug-likeness (QED) is 0.334. The van der Waals surface area contributed by atoms with Gasteiger partial charge in [-0.25, -0.2) is 0 Å². The average molecular weight is 403 g/mol. The number of amides is 2. The maximum atomic E-state index is 12.1. The number of carbonyl (C=O) groups excluding carboxylic acids is 2. The molecule has 0 aliphatic carbocycles. The summed E-state index contributed by atoms with van der Waals surface area (Å²) in [6, 6.07) is 7.07. The summed E-state index contributed by atoms with van der Waals surface area (Å²) in [5.41, 5.74) is 1.08. The van der Waals surface area contributed by atoms with E-state index in [4.69, 9.17) is 0 Å². The van der Waals surface area contributed by atoms with E-state index in [0.717, 1.165) is 18.5 Å². The van der Waals surface area contributed by atoms with Crippen molar-refractivity contribution >= 4 is 17.5 Å². The Labute approximate surface area is 178 Å². The molecule has 0 aromatic heterocycles. The molecule has 1 aromatic carbocycles. The first-order valence-corrected chi connectivity index (χ1v) is 11.5. The van der Waals surface area contributed by atoms with Gasteiger partial charge in [0.15, 0.2) is 0 Å². The Morgan fingerprint density at radius 3 is 1.72 bits per heavy atom. The molecule has 1 rings (SSSR count). The van der Waals surface area contributed by atoms with E-state index in [1.54, 1.807) is 24.3 Å². The summed E-state index contributed by atoms with van der Waals surface area (Å²) in [7, 11) is 0. The zero-order valence-electron chi connectivity index (χ0n) is 19.1. The first kappa shape index (κ1) is 25.2. The summed E-state index contributed by atoms with van der Waals surface area (Å²) < 4.78 is 0. The van der Waals surface area contributed by atoms with Gasteiger partial charge in [0.25, 0.3) is 5.91 Å². The maximum Gasteiger partial charge on any atom is 0.251 e. The van der Waals surface area contributed by atoms with Crippen LogP contribution >= 0.6 is 0 Å². The monoisotopic (exact) mass is 402 g/mol. The lowest BCUT2D eigenvalue weighted by Gasteiger charge is -2.20. The van der Waals surface area contributed by atoms with Crippen molar-refractivity contribution in [2.24, 2.45) is 0 Å². The highest BCUT2D eigenvalue weighted by Crippen LogP contribution is 2.14. The van der Waals surface area contributed by atoms with Crippen molar-refractivity contribution in [3.63, 3.8) is 0 Å². The minimum Gasteiger partial charge on any atom is -0.347 e. The molecule has 0 unspecified atom stereocenters. The van der Waals surface area contributed by atoms with Gasteiger partial charge in [0.05, 0.1) is 0 Å². The van der Waals surface area contributed by atoms with Crippen molar-refractivity contribution < 1.29 is 9.59 Å². The van der Waals surface area contributed by atoms with Crippen LogP contribution in [0.4, 0.5) is 5.69 Å². The van der Waals surface area contributed by atoms with E-state index < -0.39 is 0 Å². The van der Waals surface area contributed by atoms with Gasteiger partial charge in [-0.3, -0.25) is 9.59 Å². The van der Waals surface area contributed by atoms with E-state index >= 15 is 0 Å². The minimum absolute atomic E-state index is 0.0489. The van der Waals surface area contributed by atoms with Crippen molar-refractivity contribution in [2.75, 3.05) is 5.32 Å². The number of nitrogens with one attached hydrogen (secondary N) is 2. The molecule has 2 N–H and O–H groups in total. The standard InChI is InChI=1S/C25H42N2O2/c1-5-6-7-8-9-10-11-12-13-14-15-16-23(28)26-22-19-17-21(18-20-22)24(29)27-25(2,3)4/h17-20H,5-16H2,1-4H3,(H,26,28)(H,27,29). The molecule has 0 aliphatic rings. The fourth-order valence-electron chi connectivity index (χ4n) is 3.29. The fourth-order valence-corrected chi connectivity index (χ4v) is 3.29. The van der Waals surface area contributed by atoms with Gasteiger partial charge in [-0.05, 0) is 51.5 Å². The zero-order chi connectivity index (χ0) is 21.5. The predicted octanol–water partition coefficient (Wildman–Crippen LogP) is 6.85. The molecule has 0 saturated carbocycles. The second-order valence-electron chi connectivity index (χ2n) is 9.12. The van der Waals surface area contributed by atoms with Gasteiger partial charge < -0.3 is 10.6 Å². The van der Waals surface area contributed by atoms with Crippen LogP contribution in [-0.4, -0.2) is 17.4 Å². The van der Waals surface area contributed by atoms with Crippen molar-refractivity contribution in [3.05, 3.63) is 29.8 Å². The van der Waals surface area contributed by atoms with Crippen molar-refractivity contribution in [2.45, 2.75) is 110 Å². The van der Waals surface area contributed by atoms with E-state index in [1.807, 2.05) is 20.8 Å². The van der Waals surface area contributed by atoms with Crippen LogP contribution in [0.5, 0.6) is 0 Å². The van der Waals surface area contributed by atoms with Crippen LogP contribution in [0.15, 0.2) is 24.3 Å².